The second kappa shape index (κ2) is 7.34. The van der Waals surface area contributed by atoms with Crippen molar-refractivity contribution in [2.45, 2.75) is 20.0 Å². The number of aryl methyl sites for hydroxylation is 1. The van der Waals surface area contributed by atoms with E-state index in [9.17, 15) is 9.18 Å². The first-order valence-corrected chi connectivity index (χ1v) is 10.2. The number of hydrogen-bond donors (Lipinski definition) is 1. The molecule has 0 amide bonds. The number of aromatic amines is 1. The molecular formula is C20H18FN3OS2. The summed E-state index contributed by atoms with van der Waals surface area (Å²) in [5.74, 6) is 0.367. The summed E-state index contributed by atoms with van der Waals surface area (Å²) in [5.41, 5.74) is 1.71. The van der Waals surface area contributed by atoms with Gasteiger partial charge < -0.3 is 4.98 Å². The van der Waals surface area contributed by atoms with E-state index in [0.717, 1.165) is 20.8 Å². The van der Waals surface area contributed by atoms with Crippen molar-refractivity contribution in [3.8, 4) is 10.4 Å². The van der Waals surface area contributed by atoms with Gasteiger partial charge in [-0.2, -0.15) is 0 Å². The van der Waals surface area contributed by atoms with E-state index in [2.05, 4.69) is 23.0 Å². The summed E-state index contributed by atoms with van der Waals surface area (Å²) in [4.78, 5) is 25.3. The molecule has 4 aromatic rings. The van der Waals surface area contributed by atoms with Crippen molar-refractivity contribution in [2.24, 2.45) is 0 Å². The predicted octanol–water partition coefficient (Wildman–Crippen LogP) is 4.79. The van der Waals surface area contributed by atoms with Crippen LogP contribution >= 0.6 is 22.7 Å². The number of H-pyrrole nitrogens is 1. The maximum Gasteiger partial charge on any atom is 0.260 e. The number of hydrogen-bond acceptors (Lipinski definition) is 5. The number of rotatable bonds is 5. The SMILES string of the molecule is Cc1ccc(-c2csc3nc(CN(C)Cc4cccc(F)c4)[nH]c(=O)c23)s1. The topological polar surface area (TPSA) is 49.0 Å². The highest BCUT2D eigenvalue weighted by atomic mass is 32.1. The maximum absolute atomic E-state index is 13.3. The van der Waals surface area contributed by atoms with Gasteiger partial charge in [0.05, 0.1) is 11.9 Å². The fourth-order valence-corrected chi connectivity index (χ4v) is 5.01. The zero-order valence-corrected chi connectivity index (χ0v) is 16.6. The van der Waals surface area contributed by atoms with Crippen LogP contribution in [0.4, 0.5) is 4.39 Å². The molecule has 0 saturated carbocycles. The monoisotopic (exact) mass is 399 g/mol. The van der Waals surface area contributed by atoms with Crippen molar-refractivity contribution < 1.29 is 4.39 Å². The molecule has 4 rings (SSSR count). The molecule has 0 bridgehead atoms. The Morgan fingerprint density at radius 3 is 2.81 bits per heavy atom. The molecule has 4 nitrogen and oxygen atoms in total. The van der Waals surface area contributed by atoms with E-state index in [-0.39, 0.29) is 11.4 Å². The van der Waals surface area contributed by atoms with Crippen LogP contribution in [0.1, 0.15) is 16.3 Å². The highest BCUT2D eigenvalue weighted by Crippen LogP contribution is 2.34. The largest absolute Gasteiger partial charge is 0.309 e. The second-order valence-corrected chi connectivity index (χ2v) is 8.70. The summed E-state index contributed by atoms with van der Waals surface area (Å²) in [6, 6.07) is 10.6. The van der Waals surface area contributed by atoms with Gasteiger partial charge >= 0.3 is 0 Å². The van der Waals surface area contributed by atoms with Gasteiger partial charge in [0.1, 0.15) is 16.5 Å². The first kappa shape index (κ1) is 18.0. The molecule has 27 heavy (non-hydrogen) atoms. The van der Waals surface area contributed by atoms with Crippen molar-refractivity contribution in [2.75, 3.05) is 7.05 Å². The number of nitrogens with zero attached hydrogens (tertiary/aromatic N) is 2. The minimum atomic E-state index is -0.246. The third-order valence-corrected chi connectivity index (χ3v) is 6.17. The molecule has 0 spiro atoms. The van der Waals surface area contributed by atoms with Gasteiger partial charge in [0.2, 0.25) is 0 Å². The number of halogens is 1. The van der Waals surface area contributed by atoms with Crippen LogP contribution in [0.2, 0.25) is 0 Å². The van der Waals surface area contributed by atoms with Gasteiger partial charge in [0.15, 0.2) is 0 Å². The fourth-order valence-electron chi connectivity index (χ4n) is 3.09. The Hall–Kier alpha value is -2.35. The molecule has 7 heteroatoms. The smallest absolute Gasteiger partial charge is 0.260 e. The summed E-state index contributed by atoms with van der Waals surface area (Å²) in [7, 11) is 1.92. The van der Waals surface area contributed by atoms with E-state index in [1.807, 2.05) is 29.5 Å². The Kier molecular flexibility index (Phi) is 4.90. The molecule has 0 fully saturated rings. The molecule has 0 aliphatic rings. The summed E-state index contributed by atoms with van der Waals surface area (Å²) in [6.07, 6.45) is 0. The van der Waals surface area contributed by atoms with Crippen molar-refractivity contribution in [3.63, 3.8) is 0 Å². The zero-order chi connectivity index (χ0) is 19.0. The van der Waals surface area contributed by atoms with Gasteiger partial charge in [-0.1, -0.05) is 12.1 Å². The standard InChI is InChI=1S/C20H18FN3OS2/c1-12-6-7-16(27-12)15-11-26-20-18(15)19(25)22-17(23-20)10-24(2)9-13-4-3-5-14(21)8-13/h3-8,11H,9-10H2,1-2H3,(H,22,23,25). The average Bonchev–Trinajstić information content (AvgIpc) is 3.21. The Bertz CT molecular complexity index is 1160. The van der Waals surface area contributed by atoms with Crippen molar-refractivity contribution >= 4 is 32.9 Å². The minimum Gasteiger partial charge on any atom is -0.309 e. The molecule has 0 unspecified atom stereocenters. The van der Waals surface area contributed by atoms with Crippen LogP contribution in [0, 0.1) is 12.7 Å². The van der Waals surface area contributed by atoms with Gasteiger partial charge in [-0.3, -0.25) is 9.69 Å². The molecule has 0 atom stereocenters. The van der Waals surface area contributed by atoms with Crippen LogP contribution in [0.3, 0.4) is 0 Å². The molecule has 0 aliphatic heterocycles. The van der Waals surface area contributed by atoms with Crippen LogP contribution in [0.15, 0.2) is 46.6 Å². The molecular weight excluding hydrogens is 381 g/mol. The Balaban J connectivity index is 1.59. The van der Waals surface area contributed by atoms with Crippen molar-refractivity contribution in [1.29, 1.82) is 0 Å². The number of fused-ring (bicyclic) bond motifs is 1. The van der Waals surface area contributed by atoms with Gasteiger partial charge in [-0.05, 0) is 43.8 Å². The van der Waals surface area contributed by atoms with Gasteiger partial charge in [0, 0.05) is 27.2 Å². The number of thiophene rings is 2. The second-order valence-electron chi connectivity index (χ2n) is 6.55. The summed E-state index contributed by atoms with van der Waals surface area (Å²) in [6.45, 7) is 3.11. The van der Waals surface area contributed by atoms with Crippen LogP contribution in [-0.2, 0) is 13.1 Å². The lowest BCUT2D eigenvalue weighted by atomic mass is 10.2. The number of aromatic nitrogens is 2. The minimum absolute atomic E-state index is 0.114. The Labute approximate surface area is 163 Å². The highest BCUT2D eigenvalue weighted by Gasteiger charge is 2.15. The quantitative estimate of drug-likeness (QED) is 0.525. The van der Waals surface area contributed by atoms with Gasteiger partial charge in [-0.25, -0.2) is 9.37 Å². The Morgan fingerprint density at radius 2 is 2.07 bits per heavy atom. The average molecular weight is 400 g/mol. The third kappa shape index (κ3) is 3.85. The van der Waals surface area contributed by atoms with Crippen LogP contribution in [0.5, 0.6) is 0 Å². The molecule has 138 valence electrons. The molecule has 3 aromatic heterocycles. The van der Waals surface area contributed by atoms with E-state index >= 15 is 0 Å². The summed E-state index contributed by atoms with van der Waals surface area (Å²) < 4.78 is 13.3. The normalized spacial score (nSPS) is 11.6. The lowest BCUT2D eigenvalue weighted by Gasteiger charge is -2.16. The zero-order valence-electron chi connectivity index (χ0n) is 15.0. The fraction of sp³-hybridized carbons (Fsp3) is 0.200. The lowest BCUT2D eigenvalue weighted by molar-refractivity contribution is 0.310. The highest BCUT2D eigenvalue weighted by molar-refractivity contribution is 7.19. The molecule has 0 radical (unpaired) electrons. The maximum atomic E-state index is 13.3. The van der Waals surface area contributed by atoms with E-state index in [4.69, 9.17) is 0 Å². The molecule has 1 N–H and O–H groups in total. The van der Waals surface area contributed by atoms with Gasteiger partial charge in [0.25, 0.3) is 5.56 Å². The lowest BCUT2D eigenvalue weighted by Crippen LogP contribution is -2.21. The number of benzene rings is 1. The molecule has 0 aliphatic carbocycles. The van der Waals surface area contributed by atoms with Crippen molar-refractivity contribution in [1.82, 2.24) is 14.9 Å². The first-order valence-electron chi connectivity index (χ1n) is 8.50. The van der Waals surface area contributed by atoms with Gasteiger partial charge in [-0.15, -0.1) is 22.7 Å². The molecule has 0 saturated heterocycles. The first-order chi connectivity index (χ1) is 13.0. The van der Waals surface area contributed by atoms with E-state index in [1.165, 1.54) is 28.3 Å². The Morgan fingerprint density at radius 1 is 1.22 bits per heavy atom. The van der Waals surface area contributed by atoms with E-state index < -0.39 is 0 Å². The number of nitrogens with one attached hydrogen (secondary N) is 1. The predicted molar refractivity (Wildman–Crippen MR) is 110 cm³/mol. The van der Waals surface area contributed by atoms with Crippen LogP contribution < -0.4 is 5.56 Å². The van der Waals surface area contributed by atoms with Crippen molar-refractivity contribution in [3.05, 3.63) is 74.2 Å². The third-order valence-electron chi connectivity index (χ3n) is 4.26. The molecule has 3 heterocycles. The van der Waals surface area contributed by atoms with Crippen LogP contribution in [-0.4, -0.2) is 21.9 Å². The van der Waals surface area contributed by atoms with E-state index in [0.29, 0.717) is 24.3 Å². The summed E-state index contributed by atoms with van der Waals surface area (Å²) >= 11 is 3.16. The van der Waals surface area contributed by atoms with Crippen LogP contribution in [0.25, 0.3) is 20.7 Å². The summed E-state index contributed by atoms with van der Waals surface area (Å²) in [5, 5.41) is 2.65. The molecule has 1 aromatic carbocycles. The van der Waals surface area contributed by atoms with E-state index in [1.54, 1.807) is 17.4 Å².